The Kier molecular flexibility index (Phi) is 6.05. The number of esters is 1. The Balaban J connectivity index is 3.76. The molecule has 0 aromatic heterocycles. The Labute approximate surface area is 72.3 Å². The maximum absolute atomic E-state index is 11.1. The molecule has 0 aliphatic heterocycles. The molecule has 0 saturated heterocycles. The molecule has 1 unspecified atom stereocenters. The molecular formula is C8H14NO3. The molecule has 4 heteroatoms. The molecule has 1 atom stereocenters. The molecule has 1 radical (unpaired) electrons. The number of ether oxygens (including phenoxy) is 1. The largest absolute Gasteiger partial charge is 0.464 e. The van der Waals surface area contributed by atoms with Crippen molar-refractivity contribution in [2.75, 3.05) is 6.61 Å². The summed E-state index contributed by atoms with van der Waals surface area (Å²) in [5.74, 6) is -0.386. The molecule has 0 aliphatic rings. The van der Waals surface area contributed by atoms with Crippen LogP contribution in [0.3, 0.4) is 0 Å². The minimum absolute atomic E-state index is 0.386. The molecule has 0 bridgehead atoms. The molecule has 0 aromatic carbocycles. The Morgan fingerprint density at radius 1 is 1.58 bits per heavy atom. The molecule has 0 aromatic rings. The first-order valence-corrected chi connectivity index (χ1v) is 4.05. The number of rotatable bonds is 6. The highest BCUT2D eigenvalue weighted by molar-refractivity contribution is 5.78. The van der Waals surface area contributed by atoms with Crippen LogP contribution in [0.15, 0.2) is 0 Å². The van der Waals surface area contributed by atoms with Gasteiger partial charge in [-0.25, -0.2) is 4.79 Å². The molecule has 0 aliphatic carbocycles. The average molecular weight is 172 g/mol. The Morgan fingerprint density at radius 3 is 2.67 bits per heavy atom. The first-order valence-electron chi connectivity index (χ1n) is 4.05. The van der Waals surface area contributed by atoms with E-state index in [9.17, 15) is 9.59 Å². The summed E-state index contributed by atoms with van der Waals surface area (Å²) in [4.78, 5) is 21.0. The Morgan fingerprint density at radius 2 is 2.25 bits per heavy atom. The monoisotopic (exact) mass is 172 g/mol. The van der Waals surface area contributed by atoms with Crippen LogP contribution < -0.4 is 5.32 Å². The van der Waals surface area contributed by atoms with E-state index in [1.54, 1.807) is 6.92 Å². The van der Waals surface area contributed by atoms with Crippen molar-refractivity contribution in [2.24, 2.45) is 0 Å². The van der Waals surface area contributed by atoms with E-state index < -0.39 is 6.04 Å². The highest BCUT2D eigenvalue weighted by Gasteiger charge is 2.16. The van der Waals surface area contributed by atoms with Crippen molar-refractivity contribution in [3.63, 3.8) is 0 Å². The lowest BCUT2D eigenvalue weighted by Crippen LogP contribution is -2.36. The van der Waals surface area contributed by atoms with Crippen LogP contribution >= 0.6 is 0 Å². The van der Waals surface area contributed by atoms with Gasteiger partial charge in [-0.3, -0.25) is 4.79 Å². The third kappa shape index (κ3) is 3.95. The van der Waals surface area contributed by atoms with Crippen LogP contribution in [0, 0.1) is 0 Å². The molecule has 0 saturated carbocycles. The molecule has 0 spiro atoms. The van der Waals surface area contributed by atoms with Gasteiger partial charge in [-0.15, -0.1) is 0 Å². The van der Waals surface area contributed by atoms with Gasteiger partial charge in [0.1, 0.15) is 6.04 Å². The molecule has 1 N–H and O–H groups in total. The average Bonchev–Trinajstić information content (AvgIpc) is 2.10. The van der Waals surface area contributed by atoms with E-state index in [2.05, 4.69) is 5.32 Å². The second-order valence-corrected chi connectivity index (χ2v) is 2.37. The summed E-state index contributed by atoms with van der Waals surface area (Å²) in [7, 11) is 0. The maximum atomic E-state index is 11.1. The Bertz CT molecular complexity index is 147. The number of amides is 1. The number of carbonyl (C=O) groups is 1. The number of hydrogen-bond acceptors (Lipinski definition) is 3. The van der Waals surface area contributed by atoms with Crippen LogP contribution in [-0.2, 0) is 14.3 Å². The second kappa shape index (κ2) is 6.64. The van der Waals surface area contributed by atoms with E-state index in [1.165, 1.54) is 6.41 Å². The van der Waals surface area contributed by atoms with Gasteiger partial charge in [0, 0.05) is 0 Å². The molecular weight excluding hydrogens is 158 g/mol. The minimum Gasteiger partial charge on any atom is -0.464 e. The van der Waals surface area contributed by atoms with Gasteiger partial charge in [0.15, 0.2) is 0 Å². The van der Waals surface area contributed by atoms with E-state index in [0.29, 0.717) is 13.0 Å². The van der Waals surface area contributed by atoms with Gasteiger partial charge in [-0.1, -0.05) is 13.8 Å². The fraction of sp³-hybridized carbons (Fsp3) is 0.750. The normalized spacial score (nSPS) is 11.8. The van der Waals surface area contributed by atoms with Gasteiger partial charge < -0.3 is 10.1 Å². The summed E-state index contributed by atoms with van der Waals surface area (Å²) < 4.78 is 4.82. The number of hydrogen-bond donors (Lipinski definition) is 1. The van der Waals surface area contributed by atoms with Crippen molar-refractivity contribution in [2.45, 2.75) is 32.7 Å². The van der Waals surface area contributed by atoms with Gasteiger partial charge >= 0.3 is 12.4 Å². The standard InChI is InChI=1S/C8H14NO3/c1-3-5-12-8(11)7(4-2)9-6-10/h7H,3-5H2,1-2H3,(H,9,10). The summed E-state index contributed by atoms with van der Waals surface area (Å²) in [5.41, 5.74) is 0. The quantitative estimate of drug-likeness (QED) is 0.465. The zero-order chi connectivity index (χ0) is 9.40. The van der Waals surface area contributed by atoms with Gasteiger partial charge in [-0.05, 0) is 12.8 Å². The van der Waals surface area contributed by atoms with Crippen LogP contribution in [0.4, 0.5) is 0 Å². The molecule has 4 nitrogen and oxygen atoms in total. The van der Waals surface area contributed by atoms with Gasteiger partial charge in [0.2, 0.25) is 0 Å². The van der Waals surface area contributed by atoms with E-state index in [-0.39, 0.29) is 5.97 Å². The van der Waals surface area contributed by atoms with Crippen molar-refractivity contribution >= 4 is 12.4 Å². The highest BCUT2D eigenvalue weighted by Crippen LogP contribution is 1.94. The van der Waals surface area contributed by atoms with Crippen LogP contribution in [0.5, 0.6) is 0 Å². The van der Waals surface area contributed by atoms with Gasteiger partial charge in [0.25, 0.3) is 0 Å². The van der Waals surface area contributed by atoms with E-state index in [0.717, 1.165) is 6.42 Å². The topological polar surface area (TPSA) is 55.4 Å². The lowest BCUT2D eigenvalue weighted by atomic mass is 10.2. The molecule has 0 fully saturated rings. The van der Waals surface area contributed by atoms with Crippen molar-refractivity contribution in [1.82, 2.24) is 5.32 Å². The number of carbonyl (C=O) groups excluding carboxylic acids is 2. The van der Waals surface area contributed by atoms with Crippen LogP contribution in [0.1, 0.15) is 26.7 Å². The summed E-state index contributed by atoms with van der Waals surface area (Å²) >= 11 is 0. The fourth-order valence-corrected chi connectivity index (χ4v) is 0.702. The Hall–Kier alpha value is -1.06. The number of nitrogens with one attached hydrogen (secondary N) is 1. The molecule has 12 heavy (non-hydrogen) atoms. The molecule has 0 rings (SSSR count). The van der Waals surface area contributed by atoms with Crippen LogP contribution in [-0.4, -0.2) is 25.0 Å². The summed E-state index contributed by atoms with van der Waals surface area (Å²) in [6.45, 7) is 4.10. The van der Waals surface area contributed by atoms with Crippen molar-refractivity contribution < 1.29 is 14.3 Å². The van der Waals surface area contributed by atoms with Gasteiger partial charge in [0.05, 0.1) is 6.61 Å². The second-order valence-electron chi connectivity index (χ2n) is 2.37. The van der Waals surface area contributed by atoms with Crippen molar-refractivity contribution in [1.29, 1.82) is 0 Å². The van der Waals surface area contributed by atoms with Crippen molar-refractivity contribution in [3.8, 4) is 0 Å². The maximum Gasteiger partial charge on any atom is 0.328 e. The van der Waals surface area contributed by atoms with E-state index in [4.69, 9.17) is 4.74 Å². The zero-order valence-corrected chi connectivity index (χ0v) is 7.42. The molecule has 69 valence electrons. The zero-order valence-electron chi connectivity index (χ0n) is 7.42. The lowest BCUT2D eigenvalue weighted by molar-refractivity contribution is -0.145. The third-order valence-corrected chi connectivity index (χ3v) is 1.37. The minimum atomic E-state index is -0.547. The molecule has 0 heterocycles. The first-order chi connectivity index (χ1) is 5.76. The van der Waals surface area contributed by atoms with E-state index in [1.807, 2.05) is 6.92 Å². The fourth-order valence-electron chi connectivity index (χ4n) is 0.702. The van der Waals surface area contributed by atoms with Crippen molar-refractivity contribution in [3.05, 3.63) is 0 Å². The third-order valence-electron chi connectivity index (χ3n) is 1.37. The summed E-state index contributed by atoms with van der Waals surface area (Å²) in [5, 5.41) is 2.26. The van der Waals surface area contributed by atoms with Crippen LogP contribution in [0.25, 0.3) is 0 Å². The van der Waals surface area contributed by atoms with Gasteiger partial charge in [-0.2, -0.15) is 0 Å². The van der Waals surface area contributed by atoms with E-state index >= 15 is 0 Å². The lowest BCUT2D eigenvalue weighted by Gasteiger charge is -2.11. The molecule has 1 amide bonds. The SMILES string of the molecule is CCCOC(=O)C(CC)N[C]=O. The summed E-state index contributed by atoms with van der Waals surface area (Å²) in [6.07, 6.45) is 2.79. The smallest absolute Gasteiger partial charge is 0.328 e. The van der Waals surface area contributed by atoms with Crippen LogP contribution in [0.2, 0.25) is 0 Å². The highest BCUT2D eigenvalue weighted by atomic mass is 16.5. The first kappa shape index (κ1) is 10.9. The summed E-state index contributed by atoms with van der Waals surface area (Å²) in [6, 6.07) is -0.547. The predicted octanol–water partition coefficient (Wildman–Crippen LogP) is 0.375. The predicted molar refractivity (Wildman–Crippen MR) is 44.2 cm³/mol.